The molecule has 72 valence electrons. The van der Waals surface area contributed by atoms with Gasteiger partial charge in [0.05, 0.1) is 12.5 Å². The molecule has 0 saturated carbocycles. The van der Waals surface area contributed by atoms with E-state index in [0.717, 1.165) is 12.0 Å². The standard InChI is InChI=1S/C11H16O2/c1-4-11(2,3)10(12)7-9-5-6-13-8-9/h5-6,8H,4,7H2,1-3H3. The fourth-order valence-electron chi connectivity index (χ4n) is 1.02. The van der Waals surface area contributed by atoms with E-state index in [4.69, 9.17) is 4.42 Å². The molecular formula is C11H16O2. The Bertz CT molecular complexity index is 270. The van der Waals surface area contributed by atoms with Crippen LogP contribution in [0.2, 0.25) is 0 Å². The van der Waals surface area contributed by atoms with Gasteiger partial charge < -0.3 is 4.42 Å². The Balaban J connectivity index is 2.61. The molecule has 0 bridgehead atoms. The molecule has 0 amide bonds. The van der Waals surface area contributed by atoms with Crippen molar-refractivity contribution in [2.45, 2.75) is 33.6 Å². The van der Waals surface area contributed by atoms with E-state index >= 15 is 0 Å². The van der Waals surface area contributed by atoms with Gasteiger partial charge in [0, 0.05) is 11.8 Å². The normalized spacial score (nSPS) is 11.6. The van der Waals surface area contributed by atoms with Crippen LogP contribution in [0.15, 0.2) is 23.0 Å². The molecule has 0 N–H and O–H groups in total. The summed E-state index contributed by atoms with van der Waals surface area (Å²) in [5.74, 6) is 0.274. The maximum Gasteiger partial charge on any atom is 0.142 e. The Morgan fingerprint density at radius 2 is 2.23 bits per heavy atom. The molecule has 1 heterocycles. The van der Waals surface area contributed by atoms with Crippen LogP contribution in [0.3, 0.4) is 0 Å². The molecule has 0 spiro atoms. The van der Waals surface area contributed by atoms with Gasteiger partial charge in [0.25, 0.3) is 0 Å². The lowest BCUT2D eigenvalue weighted by Gasteiger charge is -2.20. The number of hydrogen-bond donors (Lipinski definition) is 0. The Hall–Kier alpha value is -1.05. The van der Waals surface area contributed by atoms with Crippen molar-refractivity contribution in [2.24, 2.45) is 5.41 Å². The minimum absolute atomic E-state index is 0.211. The van der Waals surface area contributed by atoms with Crippen LogP contribution in [0.4, 0.5) is 0 Å². The molecule has 0 saturated heterocycles. The molecule has 2 nitrogen and oxygen atoms in total. The summed E-state index contributed by atoms with van der Waals surface area (Å²) >= 11 is 0. The van der Waals surface area contributed by atoms with Crippen molar-refractivity contribution in [3.8, 4) is 0 Å². The van der Waals surface area contributed by atoms with Gasteiger partial charge in [-0.3, -0.25) is 4.79 Å². The summed E-state index contributed by atoms with van der Waals surface area (Å²) in [4.78, 5) is 11.7. The van der Waals surface area contributed by atoms with Gasteiger partial charge in [0.2, 0.25) is 0 Å². The first-order chi connectivity index (χ1) is 6.06. The van der Waals surface area contributed by atoms with E-state index in [-0.39, 0.29) is 11.2 Å². The van der Waals surface area contributed by atoms with Gasteiger partial charge in [-0.1, -0.05) is 20.8 Å². The largest absolute Gasteiger partial charge is 0.472 e. The van der Waals surface area contributed by atoms with E-state index in [1.165, 1.54) is 0 Å². The summed E-state index contributed by atoms with van der Waals surface area (Å²) in [6.07, 6.45) is 4.59. The van der Waals surface area contributed by atoms with Crippen LogP contribution in [-0.4, -0.2) is 5.78 Å². The lowest BCUT2D eigenvalue weighted by atomic mass is 9.83. The number of carbonyl (C=O) groups is 1. The van der Waals surface area contributed by atoms with Gasteiger partial charge in [0.15, 0.2) is 0 Å². The summed E-state index contributed by atoms with van der Waals surface area (Å²) < 4.78 is 4.91. The Kier molecular flexibility index (Phi) is 2.91. The van der Waals surface area contributed by atoms with E-state index in [9.17, 15) is 4.79 Å². The number of ketones is 1. The zero-order chi connectivity index (χ0) is 9.90. The summed E-state index contributed by atoms with van der Waals surface area (Å²) in [6, 6.07) is 1.84. The monoisotopic (exact) mass is 180 g/mol. The predicted molar refractivity (Wildman–Crippen MR) is 51.5 cm³/mol. The first-order valence-electron chi connectivity index (χ1n) is 4.60. The molecular weight excluding hydrogens is 164 g/mol. The van der Waals surface area contributed by atoms with E-state index in [1.807, 2.05) is 26.8 Å². The molecule has 1 aromatic heterocycles. The summed E-state index contributed by atoms with van der Waals surface area (Å²) in [5.41, 5.74) is 0.753. The molecule has 13 heavy (non-hydrogen) atoms. The average Bonchev–Trinajstić information content (AvgIpc) is 2.57. The van der Waals surface area contributed by atoms with Crippen LogP contribution in [0.25, 0.3) is 0 Å². The molecule has 0 aliphatic carbocycles. The van der Waals surface area contributed by atoms with Gasteiger partial charge >= 0.3 is 0 Å². The number of Topliss-reactive ketones (excluding diaryl/α,β-unsaturated/α-hetero) is 1. The highest BCUT2D eigenvalue weighted by Gasteiger charge is 2.24. The second-order valence-electron chi connectivity index (χ2n) is 3.97. The van der Waals surface area contributed by atoms with Crippen LogP contribution in [0.5, 0.6) is 0 Å². The predicted octanol–water partition coefficient (Wildman–Crippen LogP) is 2.83. The van der Waals surface area contributed by atoms with Crippen molar-refractivity contribution in [1.29, 1.82) is 0 Å². The molecule has 1 aromatic rings. The van der Waals surface area contributed by atoms with Gasteiger partial charge in [-0.05, 0) is 18.1 Å². The van der Waals surface area contributed by atoms with Crippen molar-refractivity contribution in [3.63, 3.8) is 0 Å². The topological polar surface area (TPSA) is 30.2 Å². The SMILES string of the molecule is CCC(C)(C)C(=O)Cc1ccoc1. The minimum atomic E-state index is -0.211. The van der Waals surface area contributed by atoms with Gasteiger partial charge in [-0.25, -0.2) is 0 Å². The molecule has 1 rings (SSSR count). The fraction of sp³-hybridized carbons (Fsp3) is 0.545. The Labute approximate surface area is 78.9 Å². The maximum atomic E-state index is 11.7. The van der Waals surface area contributed by atoms with Crippen molar-refractivity contribution in [1.82, 2.24) is 0 Å². The van der Waals surface area contributed by atoms with Gasteiger partial charge in [0.1, 0.15) is 5.78 Å². The van der Waals surface area contributed by atoms with Crippen LogP contribution in [0.1, 0.15) is 32.8 Å². The van der Waals surface area contributed by atoms with Crippen molar-refractivity contribution < 1.29 is 9.21 Å². The summed E-state index contributed by atoms with van der Waals surface area (Å²) in [7, 11) is 0. The number of hydrogen-bond acceptors (Lipinski definition) is 2. The van der Waals surface area contributed by atoms with Crippen LogP contribution in [0, 0.1) is 5.41 Å². The number of rotatable bonds is 4. The van der Waals surface area contributed by atoms with Gasteiger partial charge in [-0.2, -0.15) is 0 Å². The molecule has 0 atom stereocenters. The zero-order valence-corrected chi connectivity index (χ0v) is 8.46. The van der Waals surface area contributed by atoms with Crippen molar-refractivity contribution >= 4 is 5.78 Å². The van der Waals surface area contributed by atoms with E-state index in [2.05, 4.69) is 0 Å². The summed E-state index contributed by atoms with van der Waals surface area (Å²) in [5, 5.41) is 0. The summed E-state index contributed by atoms with van der Waals surface area (Å²) in [6.45, 7) is 6.00. The smallest absolute Gasteiger partial charge is 0.142 e. The van der Waals surface area contributed by atoms with Gasteiger partial charge in [-0.15, -0.1) is 0 Å². The molecule has 0 aliphatic rings. The second kappa shape index (κ2) is 3.77. The Morgan fingerprint density at radius 1 is 1.54 bits per heavy atom. The van der Waals surface area contributed by atoms with Crippen molar-refractivity contribution in [3.05, 3.63) is 24.2 Å². The third-order valence-corrected chi connectivity index (χ3v) is 2.58. The third kappa shape index (κ3) is 2.44. The minimum Gasteiger partial charge on any atom is -0.472 e. The highest BCUT2D eigenvalue weighted by molar-refractivity contribution is 5.85. The third-order valence-electron chi connectivity index (χ3n) is 2.58. The highest BCUT2D eigenvalue weighted by Crippen LogP contribution is 2.23. The van der Waals surface area contributed by atoms with Crippen molar-refractivity contribution in [2.75, 3.05) is 0 Å². The lowest BCUT2D eigenvalue weighted by Crippen LogP contribution is -2.24. The highest BCUT2D eigenvalue weighted by atomic mass is 16.3. The fourth-order valence-corrected chi connectivity index (χ4v) is 1.02. The lowest BCUT2D eigenvalue weighted by molar-refractivity contribution is -0.126. The number of furan rings is 1. The van der Waals surface area contributed by atoms with E-state index in [1.54, 1.807) is 12.5 Å². The molecule has 0 fully saturated rings. The van der Waals surface area contributed by atoms with Crippen LogP contribution >= 0.6 is 0 Å². The van der Waals surface area contributed by atoms with Crippen LogP contribution in [-0.2, 0) is 11.2 Å². The molecule has 2 heteroatoms. The number of carbonyl (C=O) groups excluding carboxylic acids is 1. The average molecular weight is 180 g/mol. The second-order valence-corrected chi connectivity index (χ2v) is 3.97. The first-order valence-corrected chi connectivity index (χ1v) is 4.60. The zero-order valence-electron chi connectivity index (χ0n) is 8.46. The molecule has 0 aliphatic heterocycles. The first kappa shape index (κ1) is 10.0. The molecule has 0 radical (unpaired) electrons. The van der Waals surface area contributed by atoms with E-state index in [0.29, 0.717) is 6.42 Å². The maximum absolute atomic E-state index is 11.7. The molecule has 0 unspecified atom stereocenters. The molecule has 0 aromatic carbocycles. The van der Waals surface area contributed by atoms with Crippen LogP contribution < -0.4 is 0 Å². The Morgan fingerprint density at radius 3 is 2.69 bits per heavy atom. The van der Waals surface area contributed by atoms with E-state index < -0.39 is 0 Å². The quantitative estimate of drug-likeness (QED) is 0.713.